The van der Waals surface area contributed by atoms with Gasteiger partial charge in [0.2, 0.25) is 11.8 Å². The second-order valence-corrected chi connectivity index (χ2v) is 9.20. The first kappa shape index (κ1) is 24.6. The molecule has 8 nitrogen and oxygen atoms in total. The van der Waals surface area contributed by atoms with E-state index < -0.39 is 6.04 Å². The Labute approximate surface area is 187 Å². The number of carbonyl (C=O) groups excluding carboxylic acids is 2. The van der Waals surface area contributed by atoms with Gasteiger partial charge in [0.05, 0.1) is 15.2 Å². The number of benzene rings is 1. The summed E-state index contributed by atoms with van der Waals surface area (Å²) in [7, 11) is 0. The number of hydrogen-bond donors (Lipinski definition) is 2. The number of aromatic nitrogens is 1. The highest BCUT2D eigenvalue weighted by Crippen LogP contribution is 2.27. The highest BCUT2D eigenvalue weighted by molar-refractivity contribution is 7.18. The molecule has 2 amide bonds. The maximum absolute atomic E-state index is 13.1. The molecule has 0 bridgehead atoms. The molecule has 3 atom stereocenters. The third-order valence-corrected chi connectivity index (χ3v) is 6.52. The van der Waals surface area contributed by atoms with Gasteiger partial charge in [0.1, 0.15) is 6.04 Å². The van der Waals surface area contributed by atoms with Gasteiger partial charge in [-0.3, -0.25) is 9.59 Å². The lowest BCUT2D eigenvalue weighted by Crippen LogP contribution is -2.52. The standard InChI is InChI=1S/C22H32N6O2S/c1-6-14(5)18(12-24-28-23)27-22(30)17(25-20(29)7-2)11-21-26-16-9-8-15(13(3)4)10-19(16)31-21/h8-10,13-14,17-18H,6-7,11-12H2,1-5H3,(H,25,29)(H,27,30). The first-order valence-electron chi connectivity index (χ1n) is 10.8. The number of carbonyl (C=O) groups is 2. The molecule has 3 unspecified atom stereocenters. The third kappa shape index (κ3) is 6.94. The molecule has 0 saturated heterocycles. The molecule has 1 aromatic heterocycles. The van der Waals surface area contributed by atoms with Gasteiger partial charge in [-0.2, -0.15) is 0 Å². The fourth-order valence-electron chi connectivity index (χ4n) is 3.18. The molecule has 0 saturated carbocycles. The van der Waals surface area contributed by atoms with Gasteiger partial charge in [0.25, 0.3) is 0 Å². The van der Waals surface area contributed by atoms with E-state index in [1.807, 2.05) is 19.9 Å². The van der Waals surface area contributed by atoms with Crippen LogP contribution in [0.4, 0.5) is 0 Å². The van der Waals surface area contributed by atoms with Crippen LogP contribution < -0.4 is 10.6 Å². The average molecular weight is 445 g/mol. The maximum atomic E-state index is 13.1. The normalized spacial score (nSPS) is 14.0. The Morgan fingerprint density at radius 3 is 2.58 bits per heavy atom. The summed E-state index contributed by atoms with van der Waals surface area (Å²) in [6.45, 7) is 10.2. The van der Waals surface area contributed by atoms with E-state index >= 15 is 0 Å². The zero-order valence-corrected chi connectivity index (χ0v) is 19.7. The molecule has 0 fully saturated rings. The number of azide groups is 1. The van der Waals surface area contributed by atoms with Gasteiger partial charge in [-0.05, 0) is 35.1 Å². The summed E-state index contributed by atoms with van der Waals surface area (Å²) in [5, 5.41) is 10.2. The fraction of sp³-hybridized carbons (Fsp3) is 0.591. The molecule has 0 radical (unpaired) electrons. The molecule has 31 heavy (non-hydrogen) atoms. The number of amides is 2. The van der Waals surface area contributed by atoms with Crippen LogP contribution in [-0.4, -0.2) is 35.4 Å². The predicted octanol–water partition coefficient (Wildman–Crippen LogP) is 4.70. The largest absolute Gasteiger partial charge is 0.351 e. The van der Waals surface area contributed by atoms with Crippen LogP contribution in [0.3, 0.4) is 0 Å². The molecular weight excluding hydrogens is 412 g/mol. The Hall–Kier alpha value is -2.64. The minimum absolute atomic E-state index is 0.133. The lowest BCUT2D eigenvalue weighted by molar-refractivity contribution is -0.129. The molecule has 168 valence electrons. The van der Waals surface area contributed by atoms with Gasteiger partial charge in [-0.1, -0.05) is 52.2 Å². The topological polar surface area (TPSA) is 120 Å². The summed E-state index contributed by atoms with van der Waals surface area (Å²) in [6.07, 6.45) is 1.42. The number of thiazole rings is 1. The zero-order chi connectivity index (χ0) is 23.0. The molecular formula is C22H32N6O2S. The van der Waals surface area contributed by atoms with E-state index in [-0.39, 0.29) is 36.7 Å². The highest BCUT2D eigenvalue weighted by atomic mass is 32.1. The minimum Gasteiger partial charge on any atom is -0.351 e. The van der Waals surface area contributed by atoms with Gasteiger partial charge in [-0.15, -0.1) is 11.3 Å². The summed E-state index contributed by atoms with van der Waals surface area (Å²) in [5.41, 5.74) is 10.8. The van der Waals surface area contributed by atoms with Crippen molar-refractivity contribution in [2.24, 2.45) is 11.0 Å². The van der Waals surface area contributed by atoms with Gasteiger partial charge in [0, 0.05) is 30.3 Å². The molecule has 2 N–H and O–H groups in total. The Kier molecular flexibility index (Phi) is 9.27. The van der Waals surface area contributed by atoms with E-state index in [1.54, 1.807) is 18.3 Å². The van der Waals surface area contributed by atoms with Gasteiger partial charge < -0.3 is 10.6 Å². The Balaban J connectivity index is 2.24. The van der Waals surface area contributed by atoms with E-state index in [2.05, 4.69) is 51.6 Å². The smallest absolute Gasteiger partial charge is 0.243 e. The molecule has 1 aromatic carbocycles. The van der Waals surface area contributed by atoms with Crippen LogP contribution in [0.15, 0.2) is 23.3 Å². The van der Waals surface area contributed by atoms with Gasteiger partial charge in [0.15, 0.2) is 0 Å². The molecule has 1 heterocycles. The van der Waals surface area contributed by atoms with Crippen molar-refractivity contribution in [3.63, 3.8) is 0 Å². The molecule has 0 aliphatic heterocycles. The summed E-state index contributed by atoms with van der Waals surface area (Å²) < 4.78 is 1.07. The lowest BCUT2D eigenvalue weighted by Gasteiger charge is -2.25. The second kappa shape index (κ2) is 11.7. The van der Waals surface area contributed by atoms with Crippen molar-refractivity contribution in [1.29, 1.82) is 0 Å². The van der Waals surface area contributed by atoms with Crippen LogP contribution in [0, 0.1) is 5.92 Å². The number of fused-ring (bicyclic) bond motifs is 1. The van der Waals surface area contributed by atoms with Crippen molar-refractivity contribution in [3.05, 3.63) is 39.2 Å². The molecule has 2 rings (SSSR count). The first-order chi connectivity index (χ1) is 14.8. The van der Waals surface area contributed by atoms with Gasteiger partial charge in [-0.25, -0.2) is 4.98 Å². The van der Waals surface area contributed by atoms with Crippen LogP contribution in [0.5, 0.6) is 0 Å². The molecule has 0 spiro atoms. The number of hydrogen-bond acceptors (Lipinski definition) is 5. The summed E-state index contributed by atoms with van der Waals surface area (Å²) in [6, 6.07) is 5.18. The first-order valence-corrected chi connectivity index (χ1v) is 11.6. The van der Waals surface area contributed by atoms with Gasteiger partial charge >= 0.3 is 0 Å². The molecule has 2 aromatic rings. The summed E-state index contributed by atoms with van der Waals surface area (Å²) in [5.74, 6) is 0.0700. The third-order valence-electron chi connectivity index (χ3n) is 5.48. The van der Waals surface area contributed by atoms with Crippen LogP contribution in [0.1, 0.15) is 63.9 Å². The second-order valence-electron chi connectivity index (χ2n) is 8.08. The van der Waals surface area contributed by atoms with Crippen molar-refractivity contribution in [2.75, 3.05) is 6.54 Å². The fourth-order valence-corrected chi connectivity index (χ4v) is 4.24. The Morgan fingerprint density at radius 2 is 1.97 bits per heavy atom. The Bertz CT molecular complexity index is 951. The van der Waals surface area contributed by atoms with Crippen LogP contribution in [0.2, 0.25) is 0 Å². The molecule has 9 heteroatoms. The minimum atomic E-state index is -0.741. The van der Waals surface area contributed by atoms with E-state index in [9.17, 15) is 9.59 Å². The monoisotopic (exact) mass is 444 g/mol. The van der Waals surface area contributed by atoms with Crippen molar-refractivity contribution in [1.82, 2.24) is 15.6 Å². The molecule has 0 aliphatic rings. The van der Waals surface area contributed by atoms with Crippen molar-refractivity contribution in [2.45, 2.75) is 71.9 Å². The number of nitrogens with one attached hydrogen (secondary N) is 2. The maximum Gasteiger partial charge on any atom is 0.243 e. The van der Waals surface area contributed by atoms with Crippen LogP contribution >= 0.6 is 11.3 Å². The van der Waals surface area contributed by atoms with Crippen molar-refractivity contribution >= 4 is 33.4 Å². The quantitative estimate of drug-likeness (QED) is 0.297. The SMILES string of the molecule is CCC(=O)NC(Cc1nc2ccc(C(C)C)cc2s1)C(=O)NC(CN=[N+]=[N-])C(C)CC. The van der Waals surface area contributed by atoms with Crippen molar-refractivity contribution in [3.8, 4) is 0 Å². The van der Waals surface area contributed by atoms with E-state index in [4.69, 9.17) is 5.53 Å². The average Bonchev–Trinajstić information content (AvgIpc) is 3.16. The summed E-state index contributed by atoms with van der Waals surface area (Å²) >= 11 is 1.54. The number of rotatable bonds is 11. The zero-order valence-electron chi connectivity index (χ0n) is 18.9. The summed E-state index contributed by atoms with van der Waals surface area (Å²) in [4.78, 5) is 32.6. The van der Waals surface area contributed by atoms with Crippen LogP contribution in [0.25, 0.3) is 20.7 Å². The van der Waals surface area contributed by atoms with Crippen LogP contribution in [-0.2, 0) is 16.0 Å². The number of nitrogens with zero attached hydrogens (tertiary/aromatic N) is 4. The Morgan fingerprint density at radius 1 is 1.23 bits per heavy atom. The van der Waals surface area contributed by atoms with Crippen molar-refractivity contribution < 1.29 is 9.59 Å². The van der Waals surface area contributed by atoms with E-state index in [0.29, 0.717) is 12.3 Å². The lowest BCUT2D eigenvalue weighted by atomic mass is 9.98. The molecule has 0 aliphatic carbocycles. The highest BCUT2D eigenvalue weighted by Gasteiger charge is 2.26. The predicted molar refractivity (Wildman–Crippen MR) is 125 cm³/mol. The van der Waals surface area contributed by atoms with E-state index in [1.165, 1.54) is 5.56 Å². The van der Waals surface area contributed by atoms with E-state index in [0.717, 1.165) is 21.6 Å².